The van der Waals surface area contributed by atoms with Gasteiger partial charge >= 0.3 is 0 Å². The summed E-state index contributed by atoms with van der Waals surface area (Å²) >= 11 is 6.08. The first-order valence-electron chi connectivity index (χ1n) is 9.02. The third-order valence-electron chi connectivity index (χ3n) is 4.71. The number of anilines is 1. The summed E-state index contributed by atoms with van der Waals surface area (Å²) in [5.41, 5.74) is 1.89. The molecule has 1 saturated heterocycles. The molecule has 0 bridgehead atoms. The summed E-state index contributed by atoms with van der Waals surface area (Å²) in [6.07, 6.45) is 1.64. The lowest BCUT2D eigenvalue weighted by molar-refractivity contribution is 0.170. The number of benzene rings is 2. The predicted octanol–water partition coefficient (Wildman–Crippen LogP) is 4.07. The van der Waals surface area contributed by atoms with E-state index in [1.165, 1.54) is 18.2 Å². The molecule has 6 nitrogen and oxygen atoms in total. The predicted molar refractivity (Wildman–Crippen MR) is 103 cm³/mol. The first-order chi connectivity index (χ1) is 13.6. The minimum absolute atomic E-state index is 0.00474. The number of hydrogen-bond donors (Lipinski definition) is 1. The number of nitrogens with zero attached hydrogens (tertiary/aromatic N) is 3. The van der Waals surface area contributed by atoms with Crippen LogP contribution in [0.15, 0.2) is 46.9 Å². The lowest BCUT2D eigenvalue weighted by Crippen LogP contribution is -2.38. The van der Waals surface area contributed by atoms with E-state index in [2.05, 4.69) is 15.1 Å². The van der Waals surface area contributed by atoms with E-state index in [1.54, 1.807) is 0 Å². The number of hydrogen-bond acceptors (Lipinski definition) is 6. The fourth-order valence-corrected chi connectivity index (χ4v) is 3.39. The molecule has 146 valence electrons. The molecule has 1 fully saturated rings. The van der Waals surface area contributed by atoms with Crippen molar-refractivity contribution in [1.82, 2.24) is 10.2 Å². The Morgan fingerprint density at radius 1 is 1.14 bits per heavy atom. The van der Waals surface area contributed by atoms with Crippen molar-refractivity contribution in [3.05, 3.63) is 59.2 Å². The van der Waals surface area contributed by atoms with E-state index in [9.17, 15) is 4.39 Å². The third-order valence-corrected chi connectivity index (χ3v) is 5.02. The molecule has 3 aromatic rings. The number of rotatable bonds is 5. The maximum absolute atomic E-state index is 13.4. The molecule has 0 amide bonds. The van der Waals surface area contributed by atoms with Crippen molar-refractivity contribution in [1.29, 1.82) is 0 Å². The Hall–Kier alpha value is -2.64. The van der Waals surface area contributed by atoms with E-state index in [4.69, 9.17) is 25.9 Å². The molecule has 8 heteroatoms. The molecule has 0 atom stereocenters. The van der Waals surface area contributed by atoms with Crippen LogP contribution in [-0.2, 0) is 6.61 Å². The monoisotopic (exact) mass is 403 g/mol. The van der Waals surface area contributed by atoms with Crippen molar-refractivity contribution < 1.29 is 18.7 Å². The maximum atomic E-state index is 13.4. The molecule has 0 spiro atoms. The summed E-state index contributed by atoms with van der Waals surface area (Å²) in [5.74, 6) is 0.616. The molecular weight excluding hydrogens is 385 g/mol. The highest BCUT2D eigenvalue weighted by Gasteiger charge is 2.22. The van der Waals surface area contributed by atoms with Crippen LogP contribution in [0.2, 0.25) is 5.02 Å². The van der Waals surface area contributed by atoms with Crippen LogP contribution in [0.5, 0.6) is 5.75 Å². The number of piperidine rings is 1. The van der Waals surface area contributed by atoms with Crippen molar-refractivity contribution >= 4 is 17.3 Å². The van der Waals surface area contributed by atoms with Crippen LogP contribution in [0.3, 0.4) is 0 Å². The summed E-state index contributed by atoms with van der Waals surface area (Å²) in [5, 5.41) is 17.1. The van der Waals surface area contributed by atoms with Gasteiger partial charge in [0, 0.05) is 43.2 Å². The molecule has 1 aromatic heterocycles. The molecule has 0 unspecified atom stereocenters. The molecule has 1 aliphatic heterocycles. The number of aliphatic hydroxyl groups is 1. The van der Waals surface area contributed by atoms with E-state index in [0.29, 0.717) is 16.7 Å². The Morgan fingerprint density at radius 2 is 1.89 bits per heavy atom. The van der Waals surface area contributed by atoms with Gasteiger partial charge in [0.05, 0.1) is 5.02 Å². The van der Waals surface area contributed by atoms with Gasteiger partial charge in [-0.2, -0.15) is 0 Å². The summed E-state index contributed by atoms with van der Waals surface area (Å²) in [4.78, 5) is 2.27. The molecule has 1 aliphatic rings. The second kappa shape index (κ2) is 8.16. The zero-order valence-electron chi connectivity index (χ0n) is 15.0. The lowest BCUT2D eigenvalue weighted by atomic mass is 10.1. The van der Waals surface area contributed by atoms with Crippen LogP contribution in [0.4, 0.5) is 10.1 Å². The van der Waals surface area contributed by atoms with Crippen LogP contribution in [0, 0.1) is 5.82 Å². The summed E-state index contributed by atoms with van der Waals surface area (Å²) in [6, 6.07) is 12.0. The van der Waals surface area contributed by atoms with E-state index in [-0.39, 0.29) is 24.4 Å². The van der Waals surface area contributed by atoms with Gasteiger partial charge in [-0.3, -0.25) is 0 Å². The lowest BCUT2D eigenvalue weighted by Gasteiger charge is -2.34. The van der Waals surface area contributed by atoms with Gasteiger partial charge < -0.3 is 19.2 Å². The summed E-state index contributed by atoms with van der Waals surface area (Å²) in [7, 11) is 0. The van der Waals surface area contributed by atoms with Crippen molar-refractivity contribution in [2.75, 3.05) is 18.0 Å². The van der Waals surface area contributed by atoms with Gasteiger partial charge in [-0.25, -0.2) is 4.39 Å². The maximum Gasteiger partial charge on any atom is 0.247 e. The number of ether oxygens (including phenoxy) is 1. The minimum atomic E-state index is -0.357. The van der Waals surface area contributed by atoms with Crippen molar-refractivity contribution in [2.45, 2.75) is 25.6 Å². The molecule has 0 aliphatic carbocycles. The van der Waals surface area contributed by atoms with Gasteiger partial charge in [-0.15, -0.1) is 10.2 Å². The fourth-order valence-electron chi connectivity index (χ4n) is 3.23. The SMILES string of the molecule is OCc1nnc(-c2ccc(N3CCC(Oc4cc(F)ccc4Cl)CC3)cc2)o1. The number of halogens is 2. The molecule has 1 N–H and O–H groups in total. The average molecular weight is 404 g/mol. The van der Waals surface area contributed by atoms with E-state index in [1.807, 2.05) is 24.3 Å². The summed E-state index contributed by atoms with van der Waals surface area (Å²) < 4.78 is 24.6. The van der Waals surface area contributed by atoms with Crippen LogP contribution in [-0.4, -0.2) is 34.5 Å². The van der Waals surface area contributed by atoms with E-state index >= 15 is 0 Å². The van der Waals surface area contributed by atoms with Gasteiger partial charge in [0.25, 0.3) is 0 Å². The van der Waals surface area contributed by atoms with Crippen LogP contribution in [0.25, 0.3) is 11.5 Å². The normalized spacial score (nSPS) is 15.0. The minimum Gasteiger partial charge on any atom is -0.489 e. The molecular formula is C20H19ClFN3O3. The first-order valence-corrected chi connectivity index (χ1v) is 9.40. The Morgan fingerprint density at radius 3 is 2.57 bits per heavy atom. The van der Waals surface area contributed by atoms with Gasteiger partial charge in [0.15, 0.2) is 0 Å². The third kappa shape index (κ3) is 4.10. The standard InChI is InChI=1S/C20H19ClFN3O3/c21-17-6-3-14(22)11-18(17)27-16-7-9-25(10-8-16)15-4-1-13(2-5-15)20-24-23-19(12-26)28-20/h1-6,11,16,26H,7-10,12H2. The molecule has 2 aromatic carbocycles. The largest absolute Gasteiger partial charge is 0.489 e. The van der Waals surface area contributed by atoms with E-state index in [0.717, 1.165) is 37.2 Å². The molecule has 0 saturated carbocycles. The van der Waals surface area contributed by atoms with E-state index < -0.39 is 0 Å². The van der Waals surface area contributed by atoms with Crippen molar-refractivity contribution in [2.24, 2.45) is 0 Å². The molecule has 0 radical (unpaired) electrons. The van der Waals surface area contributed by atoms with Gasteiger partial charge in [0.2, 0.25) is 11.8 Å². The van der Waals surface area contributed by atoms with Crippen LogP contribution < -0.4 is 9.64 Å². The molecule has 28 heavy (non-hydrogen) atoms. The Kier molecular flexibility index (Phi) is 5.45. The number of aromatic nitrogens is 2. The summed E-state index contributed by atoms with van der Waals surface area (Å²) in [6.45, 7) is 1.38. The van der Waals surface area contributed by atoms with Crippen molar-refractivity contribution in [3.63, 3.8) is 0 Å². The average Bonchev–Trinajstić information content (AvgIpc) is 3.21. The molecule has 4 rings (SSSR count). The highest BCUT2D eigenvalue weighted by molar-refractivity contribution is 6.32. The second-order valence-corrected chi connectivity index (χ2v) is 6.99. The van der Waals surface area contributed by atoms with Crippen molar-refractivity contribution in [3.8, 4) is 17.2 Å². The Bertz CT molecular complexity index is 940. The fraction of sp³-hybridized carbons (Fsp3) is 0.300. The van der Waals surface area contributed by atoms with Gasteiger partial charge in [-0.05, 0) is 36.4 Å². The zero-order valence-corrected chi connectivity index (χ0v) is 15.8. The smallest absolute Gasteiger partial charge is 0.247 e. The molecule has 2 heterocycles. The van der Waals surface area contributed by atoms with Gasteiger partial charge in [0.1, 0.15) is 24.3 Å². The highest BCUT2D eigenvalue weighted by Crippen LogP contribution is 2.29. The topological polar surface area (TPSA) is 71.6 Å². The first kappa shape index (κ1) is 18.7. The quantitative estimate of drug-likeness (QED) is 0.692. The Balaban J connectivity index is 1.36. The zero-order chi connectivity index (χ0) is 19.5. The van der Waals surface area contributed by atoms with Gasteiger partial charge in [-0.1, -0.05) is 11.6 Å². The number of aliphatic hydroxyl groups excluding tert-OH is 1. The van der Waals surface area contributed by atoms with Crippen LogP contribution in [0.1, 0.15) is 18.7 Å². The second-order valence-electron chi connectivity index (χ2n) is 6.58. The highest BCUT2D eigenvalue weighted by atomic mass is 35.5. The Labute approximate surface area is 166 Å². The van der Waals surface area contributed by atoms with Crippen LogP contribution >= 0.6 is 11.6 Å².